The van der Waals surface area contributed by atoms with Crippen molar-refractivity contribution in [3.8, 4) is 0 Å². The number of likely N-dealkylation sites (tertiary alicyclic amines) is 1. The standard InChI is InChI=1S/C15H27N3O2/c1-12-6-5-9-18(10-12)11-14(19)17-15(20)16-13-7-3-2-4-8-13/h12-13H,2-11H2,1H3,(H2,16,17,19,20)/p+1/t12-/m1/s1. The van der Waals surface area contributed by atoms with Crippen LogP contribution in [0, 0.1) is 5.92 Å². The molecule has 0 aromatic heterocycles. The lowest BCUT2D eigenvalue weighted by Gasteiger charge is -2.27. The number of imide groups is 1. The first kappa shape index (κ1) is 15.3. The summed E-state index contributed by atoms with van der Waals surface area (Å²) in [7, 11) is 0. The van der Waals surface area contributed by atoms with Crippen molar-refractivity contribution < 1.29 is 14.5 Å². The number of piperidine rings is 1. The van der Waals surface area contributed by atoms with Crippen LogP contribution in [-0.2, 0) is 4.79 Å². The van der Waals surface area contributed by atoms with E-state index >= 15 is 0 Å². The smallest absolute Gasteiger partial charge is 0.321 e. The first-order valence-corrected chi connectivity index (χ1v) is 8.07. The van der Waals surface area contributed by atoms with Crippen LogP contribution in [0.3, 0.4) is 0 Å². The third-order valence-corrected chi connectivity index (χ3v) is 4.47. The maximum absolute atomic E-state index is 11.9. The fourth-order valence-corrected chi connectivity index (χ4v) is 3.42. The van der Waals surface area contributed by atoms with Gasteiger partial charge in [0.25, 0.3) is 5.91 Å². The molecule has 1 saturated carbocycles. The van der Waals surface area contributed by atoms with Crippen molar-refractivity contribution in [3.63, 3.8) is 0 Å². The Kier molecular flexibility index (Phi) is 5.83. The van der Waals surface area contributed by atoms with E-state index in [1.165, 1.54) is 37.0 Å². The summed E-state index contributed by atoms with van der Waals surface area (Å²) in [5, 5.41) is 5.40. The summed E-state index contributed by atoms with van der Waals surface area (Å²) in [5.74, 6) is 0.532. The van der Waals surface area contributed by atoms with Gasteiger partial charge in [0.1, 0.15) is 0 Å². The number of hydrogen-bond donors (Lipinski definition) is 3. The minimum absolute atomic E-state index is 0.151. The Morgan fingerprint density at radius 1 is 1.10 bits per heavy atom. The lowest BCUT2D eigenvalue weighted by molar-refractivity contribution is -0.900. The quantitative estimate of drug-likeness (QED) is 0.704. The Balaban J connectivity index is 1.66. The number of hydrogen-bond acceptors (Lipinski definition) is 2. The predicted molar refractivity (Wildman–Crippen MR) is 77.5 cm³/mol. The molecular formula is C15H28N3O2+. The number of nitrogens with one attached hydrogen (secondary N) is 3. The van der Waals surface area contributed by atoms with E-state index in [9.17, 15) is 9.59 Å². The van der Waals surface area contributed by atoms with Crippen LogP contribution in [0.4, 0.5) is 4.79 Å². The minimum atomic E-state index is -0.314. The lowest BCUT2D eigenvalue weighted by Crippen LogP contribution is -3.14. The van der Waals surface area contributed by atoms with E-state index in [4.69, 9.17) is 0 Å². The maximum atomic E-state index is 11.9. The minimum Gasteiger partial charge on any atom is -0.335 e. The van der Waals surface area contributed by atoms with E-state index in [0.29, 0.717) is 12.5 Å². The van der Waals surface area contributed by atoms with Gasteiger partial charge in [-0.1, -0.05) is 26.2 Å². The highest BCUT2D eigenvalue weighted by molar-refractivity contribution is 5.94. The topological polar surface area (TPSA) is 62.6 Å². The highest BCUT2D eigenvalue weighted by Crippen LogP contribution is 2.17. The molecule has 2 aliphatic rings. The first-order chi connectivity index (χ1) is 9.63. The van der Waals surface area contributed by atoms with Crippen molar-refractivity contribution in [2.75, 3.05) is 19.6 Å². The third kappa shape index (κ3) is 5.12. The predicted octanol–water partition coefficient (Wildman–Crippen LogP) is 0.460. The van der Waals surface area contributed by atoms with Crippen LogP contribution in [0.25, 0.3) is 0 Å². The Morgan fingerprint density at radius 3 is 2.55 bits per heavy atom. The van der Waals surface area contributed by atoms with Crippen LogP contribution in [0.1, 0.15) is 51.9 Å². The average Bonchev–Trinajstić information content (AvgIpc) is 2.39. The second kappa shape index (κ2) is 7.62. The van der Waals surface area contributed by atoms with Gasteiger partial charge in [0, 0.05) is 12.0 Å². The Morgan fingerprint density at radius 2 is 1.85 bits per heavy atom. The van der Waals surface area contributed by atoms with Gasteiger partial charge in [0.05, 0.1) is 13.1 Å². The summed E-state index contributed by atoms with van der Waals surface area (Å²) in [6.07, 6.45) is 8.12. The fraction of sp³-hybridized carbons (Fsp3) is 0.867. The Labute approximate surface area is 121 Å². The van der Waals surface area contributed by atoms with E-state index in [2.05, 4.69) is 17.6 Å². The summed E-state index contributed by atoms with van der Waals surface area (Å²) < 4.78 is 0. The highest BCUT2D eigenvalue weighted by Gasteiger charge is 2.23. The summed E-state index contributed by atoms with van der Waals surface area (Å²) in [4.78, 5) is 25.0. The number of quaternary nitrogens is 1. The zero-order valence-electron chi connectivity index (χ0n) is 12.5. The number of rotatable bonds is 3. The van der Waals surface area contributed by atoms with Crippen molar-refractivity contribution in [1.29, 1.82) is 0 Å². The van der Waals surface area contributed by atoms with Crippen LogP contribution in [0.2, 0.25) is 0 Å². The molecule has 2 atom stereocenters. The van der Waals surface area contributed by atoms with Gasteiger partial charge in [-0.15, -0.1) is 0 Å². The number of amides is 3. The van der Waals surface area contributed by atoms with Gasteiger partial charge in [0.2, 0.25) is 0 Å². The lowest BCUT2D eigenvalue weighted by atomic mass is 9.96. The molecular weight excluding hydrogens is 254 g/mol. The van der Waals surface area contributed by atoms with E-state index in [1.807, 2.05) is 0 Å². The maximum Gasteiger partial charge on any atom is 0.321 e. The van der Waals surface area contributed by atoms with Gasteiger partial charge < -0.3 is 10.2 Å². The summed E-state index contributed by atoms with van der Waals surface area (Å²) in [5.41, 5.74) is 0. The molecule has 0 aromatic carbocycles. The molecule has 2 rings (SSSR count). The largest absolute Gasteiger partial charge is 0.335 e. The number of carbonyl (C=O) groups is 2. The number of carbonyl (C=O) groups excluding carboxylic acids is 2. The monoisotopic (exact) mass is 282 g/mol. The van der Waals surface area contributed by atoms with E-state index < -0.39 is 0 Å². The molecule has 1 heterocycles. The molecule has 1 unspecified atom stereocenters. The van der Waals surface area contributed by atoms with E-state index in [1.54, 1.807) is 0 Å². The van der Waals surface area contributed by atoms with Crippen molar-refractivity contribution in [2.45, 2.75) is 57.9 Å². The molecule has 3 N–H and O–H groups in total. The Bertz CT molecular complexity index is 340. The molecule has 114 valence electrons. The summed E-state index contributed by atoms with van der Waals surface area (Å²) in [6.45, 7) is 4.73. The molecule has 0 spiro atoms. The zero-order valence-corrected chi connectivity index (χ0v) is 12.5. The molecule has 2 fully saturated rings. The van der Waals surface area contributed by atoms with Gasteiger partial charge in [-0.25, -0.2) is 4.79 Å². The molecule has 0 radical (unpaired) electrons. The third-order valence-electron chi connectivity index (χ3n) is 4.47. The second-order valence-electron chi connectivity index (χ2n) is 6.48. The summed E-state index contributed by atoms with van der Waals surface area (Å²) >= 11 is 0. The van der Waals surface area contributed by atoms with Crippen LogP contribution < -0.4 is 15.5 Å². The van der Waals surface area contributed by atoms with Crippen LogP contribution >= 0.6 is 0 Å². The fourth-order valence-electron chi connectivity index (χ4n) is 3.42. The summed E-state index contributed by atoms with van der Waals surface area (Å²) in [6, 6.07) is -0.0646. The molecule has 3 amide bonds. The molecule has 1 saturated heterocycles. The molecule has 5 nitrogen and oxygen atoms in total. The second-order valence-corrected chi connectivity index (χ2v) is 6.48. The van der Waals surface area contributed by atoms with Gasteiger partial charge in [0.15, 0.2) is 6.54 Å². The molecule has 20 heavy (non-hydrogen) atoms. The number of urea groups is 1. The van der Waals surface area contributed by atoms with E-state index in [-0.39, 0.29) is 18.0 Å². The molecule has 0 bridgehead atoms. The molecule has 1 aliphatic heterocycles. The van der Waals surface area contributed by atoms with Gasteiger partial charge in [-0.2, -0.15) is 0 Å². The SMILES string of the molecule is C[C@@H]1CCC[NH+](CC(=O)NC(=O)NC2CCCCC2)C1. The average molecular weight is 282 g/mol. The van der Waals surface area contributed by atoms with Crippen LogP contribution in [0.5, 0.6) is 0 Å². The van der Waals surface area contributed by atoms with Crippen molar-refractivity contribution in [2.24, 2.45) is 5.92 Å². The molecule has 5 heteroatoms. The Hall–Kier alpha value is -1.10. The van der Waals surface area contributed by atoms with Gasteiger partial charge >= 0.3 is 6.03 Å². The first-order valence-electron chi connectivity index (χ1n) is 8.07. The molecule has 0 aromatic rings. The van der Waals surface area contributed by atoms with Crippen molar-refractivity contribution in [3.05, 3.63) is 0 Å². The van der Waals surface area contributed by atoms with E-state index in [0.717, 1.165) is 25.9 Å². The zero-order chi connectivity index (χ0) is 14.4. The molecule has 1 aliphatic carbocycles. The van der Waals surface area contributed by atoms with Gasteiger partial charge in [-0.05, 0) is 25.7 Å². The highest BCUT2D eigenvalue weighted by atomic mass is 16.2. The van der Waals surface area contributed by atoms with Crippen LogP contribution in [0.15, 0.2) is 0 Å². The van der Waals surface area contributed by atoms with Crippen LogP contribution in [-0.4, -0.2) is 37.6 Å². The normalized spacial score (nSPS) is 27.9. The van der Waals surface area contributed by atoms with Crippen molar-refractivity contribution >= 4 is 11.9 Å². The van der Waals surface area contributed by atoms with Gasteiger partial charge in [-0.3, -0.25) is 10.1 Å². The van der Waals surface area contributed by atoms with Crippen molar-refractivity contribution in [1.82, 2.24) is 10.6 Å².